The van der Waals surface area contributed by atoms with Gasteiger partial charge >= 0.3 is 5.97 Å². The van der Waals surface area contributed by atoms with Gasteiger partial charge in [-0.3, -0.25) is 4.79 Å². The first-order valence-corrected chi connectivity index (χ1v) is 9.52. The van der Waals surface area contributed by atoms with E-state index in [1.807, 2.05) is 36.4 Å². The second-order valence-electron chi connectivity index (χ2n) is 7.96. The predicted octanol–water partition coefficient (Wildman–Crippen LogP) is 2.88. The monoisotopic (exact) mass is 393 g/mol. The van der Waals surface area contributed by atoms with Crippen molar-refractivity contribution in [1.29, 1.82) is 0 Å². The molecule has 1 amide bonds. The minimum atomic E-state index is -1.54. The smallest absolute Gasteiger partial charge is 0.350 e. The number of carboxylic acids is 1. The van der Waals surface area contributed by atoms with E-state index < -0.39 is 11.6 Å². The molecule has 4 rings (SSSR count). The summed E-state index contributed by atoms with van der Waals surface area (Å²) in [7, 11) is 2.05. The zero-order chi connectivity index (χ0) is 20.8. The van der Waals surface area contributed by atoms with Gasteiger partial charge in [-0.2, -0.15) is 0 Å². The predicted molar refractivity (Wildman–Crippen MR) is 110 cm³/mol. The van der Waals surface area contributed by atoms with E-state index in [4.69, 9.17) is 4.84 Å². The van der Waals surface area contributed by atoms with E-state index in [1.165, 1.54) is 19.4 Å². The van der Waals surface area contributed by atoms with E-state index in [1.54, 1.807) is 0 Å². The average Bonchev–Trinajstić information content (AvgIpc) is 3.01. The van der Waals surface area contributed by atoms with Gasteiger partial charge in [0.1, 0.15) is 0 Å². The number of likely N-dealkylation sites (N-methyl/N-ethyl adjacent to an activating group) is 1. The third kappa shape index (κ3) is 3.38. The molecule has 7 heteroatoms. The van der Waals surface area contributed by atoms with Crippen LogP contribution in [-0.2, 0) is 27.4 Å². The van der Waals surface area contributed by atoms with Crippen LogP contribution in [0.15, 0.2) is 41.6 Å². The maximum absolute atomic E-state index is 12.7. The Bertz CT molecular complexity index is 1030. The molecule has 0 bridgehead atoms. The van der Waals surface area contributed by atoms with Crippen LogP contribution in [0.2, 0.25) is 0 Å². The molecular formula is C22H23N3O4. The Balaban J connectivity index is 1.87. The van der Waals surface area contributed by atoms with E-state index >= 15 is 0 Å². The molecule has 2 N–H and O–H groups in total. The van der Waals surface area contributed by atoms with Crippen molar-refractivity contribution in [3.05, 3.63) is 53.1 Å². The normalized spacial score (nSPS) is 17.6. The third-order valence-electron chi connectivity index (χ3n) is 5.39. The third-order valence-corrected chi connectivity index (χ3v) is 5.39. The Kier molecular flexibility index (Phi) is 4.62. The fraction of sp³-hybridized carbons (Fsp3) is 0.318. The van der Waals surface area contributed by atoms with Crippen LogP contribution >= 0.6 is 0 Å². The quantitative estimate of drug-likeness (QED) is 0.780. The molecule has 0 aromatic heterocycles. The van der Waals surface area contributed by atoms with Gasteiger partial charge in [0.05, 0.1) is 5.69 Å². The molecular weight excluding hydrogens is 370 g/mol. The zero-order valence-electron chi connectivity index (χ0n) is 16.7. The topological polar surface area (TPSA) is 91.2 Å². The molecule has 0 spiro atoms. The van der Waals surface area contributed by atoms with Gasteiger partial charge in [0.25, 0.3) is 5.91 Å². The van der Waals surface area contributed by atoms with E-state index in [9.17, 15) is 14.7 Å². The molecule has 2 heterocycles. The molecule has 7 nitrogen and oxygen atoms in total. The molecule has 2 aromatic rings. The van der Waals surface area contributed by atoms with Crippen LogP contribution in [-0.4, -0.2) is 46.8 Å². The summed E-state index contributed by atoms with van der Waals surface area (Å²) in [4.78, 5) is 31.4. The summed E-state index contributed by atoms with van der Waals surface area (Å²) in [6.45, 7) is 4.44. The van der Waals surface area contributed by atoms with Gasteiger partial charge in [-0.1, -0.05) is 35.5 Å². The number of hydrogen-bond donors (Lipinski definition) is 2. The van der Waals surface area contributed by atoms with E-state index in [-0.39, 0.29) is 11.6 Å². The summed E-state index contributed by atoms with van der Waals surface area (Å²) in [5.41, 5.74) is 4.38. The van der Waals surface area contributed by atoms with Crippen molar-refractivity contribution < 1.29 is 19.5 Å². The Labute approximate surface area is 169 Å². The fourth-order valence-electron chi connectivity index (χ4n) is 3.68. The van der Waals surface area contributed by atoms with Gasteiger partial charge in [-0.25, -0.2) is 4.79 Å². The van der Waals surface area contributed by atoms with Crippen molar-refractivity contribution in [2.75, 3.05) is 18.9 Å². The highest BCUT2D eigenvalue weighted by molar-refractivity contribution is 6.54. The van der Waals surface area contributed by atoms with Crippen molar-refractivity contribution in [2.24, 2.45) is 5.16 Å². The minimum Gasteiger partial charge on any atom is -0.478 e. The Morgan fingerprint density at radius 1 is 1.21 bits per heavy atom. The number of nitrogens with zero attached hydrogens (tertiary/aromatic N) is 2. The number of amides is 1. The van der Waals surface area contributed by atoms with Crippen LogP contribution in [0.4, 0.5) is 5.69 Å². The van der Waals surface area contributed by atoms with Gasteiger partial charge in [0.15, 0.2) is 5.71 Å². The number of rotatable bonds is 4. The number of benzene rings is 2. The first-order valence-electron chi connectivity index (χ1n) is 9.52. The Morgan fingerprint density at radius 2 is 1.93 bits per heavy atom. The van der Waals surface area contributed by atoms with Crippen molar-refractivity contribution in [3.63, 3.8) is 0 Å². The lowest BCUT2D eigenvalue weighted by Crippen LogP contribution is -2.33. The van der Waals surface area contributed by atoms with Crippen LogP contribution in [0.25, 0.3) is 11.1 Å². The average molecular weight is 393 g/mol. The number of carbonyl (C=O) groups is 2. The second-order valence-corrected chi connectivity index (χ2v) is 7.96. The number of aliphatic carboxylic acids is 1. The summed E-state index contributed by atoms with van der Waals surface area (Å²) in [5, 5.41) is 16.1. The summed E-state index contributed by atoms with van der Waals surface area (Å²) in [5.74, 6) is -1.54. The van der Waals surface area contributed by atoms with Crippen molar-refractivity contribution in [3.8, 4) is 11.1 Å². The maximum atomic E-state index is 12.7. The molecule has 0 aliphatic carbocycles. The number of hydrogen-bond acceptors (Lipinski definition) is 5. The Hall–Kier alpha value is -3.19. The van der Waals surface area contributed by atoms with Crippen LogP contribution in [0.3, 0.4) is 0 Å². The first kappa shape index (κ1) is 19.1. The second kappa shape index (κ2) is 7.00. The van der Waals surface area contributed by atoms with E-state index in [0.29, 0.717) is 12.1 Å². The van der Waals surface area contributed by atoms with Crippen LogP contribution in [0.1, 0.15) is 30.5 Å². The number of fused-ring (bicyclic) bond motifs is 3. The highest BCUT2D eigenvalue weighted by Crippen LogP contribution is 2.40. The summed E-state index contributed by atoms with van der Waals surface area (Å²) >= 11 is 0. The van der Waals surface area contributed by atoms with Crippen LogP contribution in [0.5, 0.6) is 0 Å². The molecule has 2 aliphatic rings. The molecule has 0 atom stereocenters. The molecule has 29 heavy (non-hydrogen) atoms. The summed E-state index contributed by atoms with van der Waals surface area (Å²) in [6, 6.07) is 12.0. The first-order chi connectivity index (χ1) is 13.8. The van der Waals surface area contributed by atoms with Crippen molar-refractivity contribution in [1.82, 2.24) is 4.90 Å². The molecule has 0 radical (unpaired) electrons. The zero-order valence-corrected chi connectivity index (χ0v) is 16.7. The van der Waals surface area contributed by atoms with E-state index in [2.05, 4.69) is 22.4 Å². The van der Waals surface area contributed by atoms with Gasteiger partial charge in [0, 0.05) is 18.7 Å². The summed E-state index contributed by atoms with van der Waals surface area (Å²) < 4.78 is 0. The number of anilines is 1. The lowest BCUT2D eigenvalue weighted by atomic mass is 9.87. The standard InChI is InChI=1S/C22H23N3O4/c1-22(2,21(27)28)29-24-19-16-11-15(13-7-5-4-6-8-13)14-9-10-25(3)12-17(14)18(16)23-20(19)26/h4-8,11H,9-10,12H2,1-3H3,(H,27,28)(H,23,24,26). The molecule has 2 aromatic carbocycles. The Morgan fingerprint density at radius 3 is 2.62 bits per heavy atom. The molecule has 0 fully saturated rings. The van der Waals surface area contributed by atoms with Gasteiger partial charge in [-0.15, -0.1) is 0 Å². The fourth-order valence-corrected chi connectivity index (χ4v) is 3.68. The SMILES string of the molecule is CN1CCc2c(-c3ccccc3)cc3c(c2C1)NC(=O)C3=NOC(C)(C)C(=O)O. The van der Waals surface area contributed by atoms with Crippen LogP contribution in [0, 0.1) is 0 Å². The molecule has 150 valence electrons. The summed E-state index contributed by atoms with van der Waals surface area (Å²) in [6.07, 6.45) is 0.883. The number of nitrogens with one attached hydrogen (secondary N) is 1. The number of carboxylic acid groups (broad SMARTS) is 1. The molecule has 0 saturated carbocycles. The maximum Gasteiger partial charge on any atom is 0.350 e. The largest absolute Gasteiger partial charge is 0.478 e. The lowest BCUT2D eigenvalue weighted by molar-refractivity contribution is -0.161. The molecule has 0 saturated heterocycles. The molecule has 2 aliphatic heterocycles. The van der Waals surface area contributed by atoms with Gasteiger partial charge in [-0.05, 0) is 55.6 Å². The highest BCUT2D eigenvalue weighted by Gasteiger charge is 2.35. The number of oxime groups is 1. The highest BCUT2D eigenvalue weighted by atomic mass is 16.7. The van der Waals surface area contributed by atoms with Crippen molar-refractivity contribution >= 4 is 23.3 Å². The lowest BCUT2D eigenvalue weighted by Gasteiger charge is -2.29. The molecule has 0 unspecified atom stereocenters. The van der Waals surface area contributed by atoms with Crippen molar-refractivity contribution in [2.45, 2.75) is 32.4 Å². The minimum absolute atomic E-state index is 0.0996. The van der Waals surface area contributed by atoms with Gasteiger partial charge < -0.3 is 20.2 Å². The number of carbonyl (C=O) groups excluding carboxylic acids is 1. The van der Waals surface area contributed by atoms with Crippen LogP contribution < -0.4 is 5.32 Å². The van der Waals surface area contributed by atoms with E-state index in [0.717, 1.165) is 35.3 Å². The van der Waals surface area contributed by atoms with Gasteiger partial charge in [0.2, 0.25) is 5.60 Å².